The van der Waals surface area contributed by atoms with Crippen LogP contribution in [0.15, 0.2) is 60.7 Å². The van der Waals surface area contributed by atoms with Crippen molar-refractivity contribution in [1.29, 1.82) is 0 Å². The number of benzene rings is 3. The van der Waals surface area contributed by atoms with E-state index in [1.807, 2.05) is 0 Å². The van der Waals surface area contributed by atoms with Crippen molar-refractivity contribution in [2.24, 2.45) is 0 Å². The third-order valence-electron chi connectivity index (χ3n) is 3.76. The van der Waals surface area contributed by atoms with E-state index in [4.69, 9.17) is 46.4 Å². The smallest absolute Gasteiger partial charge is 0.255 e. The molecule has 0 saturated heterocycles. The van der Waals surface area contributed by atoms with Crippen LogP contribution in [-0.4, -0.2) is 11.8 Å². The van der Waals surface area contributed by atoms with Crippen LogP contribution in [0.1, 0.15) is 20.7 Å². The van der Waals surface area contributed by atoms with Gasteiger partial charge in [0.15, 0.2) is 0 Å². The number of nitrogens with one attached hydrogen (secondary N) is 2. The molecule has 28 heavy (non-hydrogen) atoms. The van der Waals surface area contributed by atoms with Gasteiger partial charge in [-0.25, -0.2) is 0 Å². The second-order valence-corrected chi connectivity index (χ2v) is 7.42. The van der Waals surface area contributed by atoms with Crippen molar-refractivity contribution < 1.29 is 9.59 Å². The van der Waals surface area contributed by atoms with Gasteiger partial charge in [0.05, 0.1) is 21.4 Å². The molecule has 0 unspecified atom stereocenters. The SMILES string of the molecule is O=C(Nc1cc(Cl)ccc1Cl)c1ccc(C(=O)Nc2cc(Cl)ccc2Cl)cc1. The second kappa shape index (κ2) is 8.84. The minimum absolute atomic E-state index is 0.355. The average molecular weight is 454 g/mol. The monoisotopic (exact) mass is 452 g/mol. The van der Waals surface area contributed by atoms with Crippen LogP contribution in [0.3, 0.4) is 0 Å². The Morgan fingerprint density at radius 3 is 1.29 bits per heavy atom. The Bertz CT molecular complexity index is 968. The van der Waals surface area contributed by atoms with Crippen LogP contribution in [-0.2, 0) is 0 Å². The van der Waals surface area contributed by atoms with Crippen molar-refractivity contribution in [3.63, 3.8) is 0 Å². The maximum atomic E-state index is 12.4. The van der Waals surface area contributed by atoms with Gasteiger partial charge < -0.3 is 10.6 Å². The largest absolute Gasteiger partial charge is 0.321 e. The van der Waals surface area contributed by atoms with E-state index in [1.165, 1.54) is 24.3 Å². The van der Waals surface area contributed by atoms with Crippen molar-refractivity contribution in [2.45, 2.75) is 0 Å². The van der Waals surface area contributed by atoms with Crippen molar-refractivity contribution in [1.82, 2.24) is 0 Å². The van der Waals surface area contributed by atoms with E-state index in [0.29, 0.717) is 42.6 Å². The Morgan fingerprint density at radius 1 is 0.571 bits per heavy atom. The lowest BCUT2D eigenvalue weighted by Crippen LogP contribution is -2.14. The molecule has 0 radical (unpaired) electrons. The number of hydrogen-bond acceptors (Lipinski definition) is 2. The van der Waals surface area contributed by atoms with Gasteiger partial charge in [-0.2, -0.15) is 0 Å². The van der Waals surface area contributed by atoms with Crippen LogP contribution in [0, 0.1) is 0 Å². The van der Waals surface area contributed by atoms with Crippen molar-refractivity contribution in [3.8, 4) is 0 Å². The first-order valence-corrected chi connectivity index (χ1v) is 9.47. The Labute approximate surface area is 181 Å². The molecule has 0 aliphatic rings. The van der Waals surface area contributed by atoms with Gasteiger partial charge in [0.25, 0.3) is 11.8 Å². The molecule has 0 saturated carbocycles. The Balaban J connectivity index is 1.72. The van der Waals surface area contributed by atoms with Gasteiger partial charge in [-0.3, -0.25) is 9.59 Å². The van der Waals surface area contributed by atoms with Gasteiger partial charge in [-0.1, -0.05) is 46.4 Å². The van der Waals surface area contributed by atoms with Crippen molar-refractivity contribution in [2.75, 3.05) is 10.6 Å². The predicted octanol–water partition coefficient (Wildman–Crippen LogP) is 6.80. The molecule has 0 aromatic heterocycles. The van der Waals surface area contributed by atoms with Crippen LogP contribution in [0.4, 0.5) is 11.4 Å². The van der Waals surface area contributed by atoms with E-state index in [9.17, 15) is 9.59 Å². The summed E-state index contributed by atoms with van der Waals surface area (Å²) in [5.41, 5.74) is 1.51. The van der Waals surface area contributed by atoms with Gasteiger partial charge in [0, 0.05) is 21.2 Å². The number of carbonyl (C=O) groups is 2. The van der Waals surface area contributed by atoms with E-state index in [-0.39, 0.29) is 11.8 Å². The highest BCUT2D eigenvalue weighted by Gasteiger charge is 2.12. The summed E-state index contributed by atoms with van der Waals surface area (Å²) in [6.07, 6.45) is 0. The molecule has 2 amide bonds. The maximum absolute atomic E-state index is 12.4. The molecule has 0 bridgehead atoms. The average Bonchev–Trinajstić information content (AvgIpc) is 2.67. The Kier molecular flexibility index (Phi) is 6.47. The van der Waals surface area contributed by atoms with Gasteiger partial charge in [-0.05, 0) is 60.7 Å². The lowest BCUT2D eigenvalue weighted by Gasteiger charge is -2.09. The first-order chi connectivity index (χ1) is 13.3. The molecule has 0 heterocycles. The van der Waals surface area contributed by atoms with Crippen LogP contribution < -0.4 is 10.6 Å². The van der Waals surface area contributed by atoms with Crippen LogP contribution in [0.2, 0.25) is 20.1 Å². The molecule has 0 aliphatic carbocycles. The quantitative estimate of drug-likeness (QED) is 0.456. The molecular weight excluding hydrogens is 442 g/mol. The molecule has 2 N–H and O–H groups in total. The maximum Gasteiger partial charge on any atom is 0.255 e. The summed E-state index contributed by atoms with van der Waals surface area (Å²) >= 11 is 23.9. The van der Waals surface area contributed by atoms with E-state index in [2.05, 4.69) is 10.6 Å². The first-order valence-electron chi connectivity index (χ1n) is 7.96. The highest BCUT2D eigenvalue weighted by atomic mass is 35.5. The molecule has 0 atom stereocenters. The lowest BCUT2D eigenvalue weighted by molar-refractivity contribution is 0.101. The van der Waals surface area contributed by atoms with E-state index < -0.39 is 0 Å². The third kappa shape index (κ3) is 4.97. The molecule has 0 spiro atoms. The molecule has 0 fully saturated rings. The third-order valence-corrected chi connectivity index (χ3v) is 4.89. The lowest BCUT2D eigenvalue weighted by atomic mass is 10.1. The van der Waals surface area contributed by atoms with E-state index in [0.717, 1.165) is 0 Å². The summed E-state index contributed by atoms with van der Waals surface area (Å²) < 4.78 is 0. The molecule has 4 nitrogen and oxygen atoms in total. The summed E-state index contributed by atoms with van der Waals surface area (Å²) in [6.45, 7) is 0. The minimum Gasteiger partial charge on any atom is -0.321 e. The predicted molar refractivity (Wildman–Crippen MR) is 115 cm³/mol. The van der Waals surface area contributed by atoms with Gasteiger partial charge >= 0.3 is 0 Å². The zero-order valence-corrected chi connectivity index (χ0v) is 17.1. The molecule has 3 rings (SSSR count). The summed E-state index contributed by atoms with van der Waals surface area (Å²) in [6, 6.07) is 15.7. The first kappa shape index (κ1) is 20.5. The Morgan fingerprint density at radius 2 is 0.929 bits per heavy atom. The summed E-state index contributed by atoms with van der Waals surface area (Å²) in [7, 11) is 0. The Hall–Kier alpha value is -2.24. The molecule has 142 valence electrons. The topological polar surface area (TPSA) is 58.2 Å². The molecule has 3 aromatic rings. The zero-order valence-electron chi connectivity index (χ0n) is 14.1. The second-order valence-electron chi connectivity index (χ2n) is 5.73. The van der Waals surface area contributed by atoms with E-state index >= 15 is 0 Å². The fourth-order valence-electron chi connectivity index (χ4n) is 2.35. The van der Waals surface area contributed by atoms with Gasteiger partial charge in [0.1, 0.15) is 0 Å². The molecule has 8 heteroatoms. The molecule has 3 aromatic carbocycles. The van der Waals surface area contributed by atoms with Crippen LogP contribution in [0.5, 0.6) is 0 Å². The number of halogens is 4. The highest BCUT2D eigenvalue weighted by molar-refractivity contribution is 6.36. The van der Waals surface area contributed by atoms with E-state index in [1.54, 1.807) is 36.4 Å². The zero-order chi connectivity index (χ0) is 20.3. The molecule has 0 aliphatic heterocycles. The summed E-state index contributed by atoms with van der Waals surface area (Å²) in [5.74, 6) is -0.761. The number of amides is 2. The molecular formula is C20H12Cl4N2O2. The fourth-order valence-corrected chi connectivity index (χ4v) is 3.02. The van der Waals surface area contributed by atoms with Crippen LogP contribution >= 0.6 is 46.4 Å². The normalized spacial score (nSPS) is 10.4. The van der Waals surface area contributed by atoms with Crippen LogP contribution in [0.25, 0.3) is 0 Å². The number of carbonyl (C=O) groups excluding carboxylic acids is 2. The summed E-state index contributed by atoms with van der Waals surface area (Å²) in [5, 5.41) is 7.00. The summed E-state index contributed by atoms with van der Waals surface area (Å²) in [4.78, 5) is 24.8. The number of hydrogen-bond donors (Lipinski definition) is 2. The number of rotatable bonds is 4. The number of anilines is 2. The fraction of sp³-hybridized carbons (Fsp3) is 0. The van der Waals surface area contributed by atoms with Gasteiger partial charge in [0.2, 0.25) is 0 Å². The highest BCUT2D eigenvalue weighted by Crippen LogP contribution is 2.27. The minimum atomic E-state index is -0.381. The standard InChI is InChI=1S/C20H12Cl4N2O2/c21-13-5-7-15(23)17(9-13)25-19(27)11-1-2-12(4-3-11)20(28)26-18-10-14(22)6-8-16(18)24/h1-10H,(H,25,27)(H,26,28). The van der Waals surface area contributed by atoms with Gasteiger partial charge in [-0.15, -0.1) is 0 Å². The van der Waals surface area contributed by atoms with Crippen molar-refractivity contribution >= 4 is 69.6 Å². The van der Waals surface area contributed by atoms with Crippen molar-refractivity contribution in [3.05, 3.63) is 91.9 Å².